The van der Waals surface area contributed by atoms with E-state index >= 15 is 0 Å². The van der Waals surface area contributed by atoms with Gasteiger partial charge in [0.25, 0.3) is 0 Å². The number of nitrogens with one attached hydrogen (secondary N) is 2. The standard InChI is InChI=1S/C12H19N3O/c1-4-12(2,3)11(16)14-9-5-7-10(15-13)8-6-9/h5-8,15H,4,13H2,1-3H3,(H,14,16). The molecular weight excluding hydrogens is 202 g/mol. The Labute approximate surface area is 96.2 Å². The van der Waals surface area contributed by atoms with Crippen LogP contribution in [-0.4, -0.2) is 5.91 Å². The van der Waals surface area contributed by atoms with Gasteiger partial charge in [0, 0.05) is 16.8 Å². The number of rotatable bonds is 4. The first-order valence-electron chi connectivity index (χ1n) is 5.37. The molecule has 1 amide bonds. The summed E-state index contributed by atoms with van der Waals surface area (Å²) in [5.41, 5.74) is 3.79. The number of hydrogen-bond donors (Lipinski definition) is 3. The molecule has 0 fully saturated rings. The number of benzene rings is 1. The number of hydrogen-bond acceptors (Lipinski definition) is 3. The molecule has 0 aliphatic carbocycles. The van der Waals surface area contributed by atoms with Gasteiger partial charge in [0.15, 0.2) is 0 Å². The van der Waals surface area contributed by atoms with Gasteiger partial charge in [-0.05, 0) is 30.7 Å². The molecule has 0 spiro atoms. The molecule has 4 heteroatoms. The van der Waals surface area contributed by atoms with Crippen molar-refractivity contribution < 1.29 is 4.79 Å². The van der Waals surface area contributed by atoms with Crippen molar-refractivity contribution in [3.8, 4) is 0 Å². The lowest BCUT2D eigenvalue weighted by Gasteiger charge is -2.21. The molecule has 0 saturated carbocycles. The summed E-state index contributed by atoms with van der Waals surface area (Å²) in [5, 5.41) is 2.88. The van der Waals surface area contributed by atoms with Crippen molar-refractivity contribution >= 4 is 17.3 Å². The van der Waals surface area contributed by atoms with E-state index in [1.165, 1.54) is 0 Å². The SMILES string of the molecule is CCC(C)(C)C(=O)Nc1ccc(NN)cc1. The van der Waals surface area contributed by atoms with Crippen LogP contribution in [-0.2, 0) is 4.79 Å². The Morgan fingerprint density at radius 2 is 1.75 bits per heavy atom. The summed E-state index contributed by atoms with van der Waals surface area (Å²) in [4.78, 5) is 11.9. The van der Waals surface area contributed by atoms with Crippen LogP contribution in [0, 0.1) is 5.41 Å². The Kier molecular flexibility index (Phi) is 3.90. The molecule has 0 aliphatic heterocycles. The molecule has 4 nitrogen and oxygen atoms in total. The molecule has 4 N–H and O–H groups in total. The van der Waals surface area contributed by atoms with E-state index in [1.807, 2.05) is 45.0 Å². The number of hydrazine groups is 1. The van der Waals surface area contributed by atoms with E-state index in [2.05, 4.69) is 10.7 Å². The summed E-state index contributed by atoms with van der Waals surface area (Å²) in [6.07, 6.45) is 0.807. The fourth-order valence-electron chi connectivity index (χ4n) is 1.11. The molecular formula is C12H19N3O. The number of nitrogens with two attached hydrogens (primary N) is 1. The number of amides is 1. The van der Waals surface area contributed by atoms with Gasteiger partial charge in [-0.25, -0.2) is 0 Å². The first-order valence-corrected chi connectivity index (χ1v) is 5.37. The Morgan fingerprint density at radius 1 is 1.25 bits per heavy atom. The minimum absolute atomic E-state index is 0.0310. The van der Waals surface area contributed by atoms with Crippen molar-refractivity contribution in [2.45, 2.75) is 27.2 Å². The van der Waals surface area contributed by atoms with Crippen LogP contribution in [0.5, 0.6) is 0 Å². The predicted octanol–water partition coefficient (Wildman–Crippen LogP) is 2.35. The summed E-state index contributed by atoms with van der Waals surface area (Å²) < 4.78 is 0. The number of nitrogen functional groups attached to an aromatic ring is 1. The van der Waals surface area contributed by atoms with Crippen LogP contribution < -0.4 is 16.6 Å². The molecule has 1 aromatic carbocycles. The molecule has 0 saturated heterocycles. The lowest BCUT2D eigenvalue weighted by molar-refractivity contribution is -0.124. The second-order valence-electron chi connectivity index (χ2n) is 4.41. The molecule has 16 heavy (non-hydrogen) atoms. The first-order chi connectivity index (χ1) is 7.49. The minimum Gasteiger partial charge on any atom is -0.326 e. The van der Waals surface area contributed by atoms with Gasteiger partial charge in [-0.15, -0.1) is 0 Å². The highest BCUT2D eigenvalue weighted by atomic mass is 16.2. The van der Waals surface area contributed by atoms with Gasteiger partial charge >= 0.3 is 0 Å². The average Bonchev–Trinajstić information content (AvgIpc) is 2.30. The Morgan fingerprint density at radius 3 is 2.19 bits per heavy atom. The van der Waals surface area contributed by atoms with Crippen molar-refractivity contribution in [3.63, 3.8) is 0 Å². The second kappa shape index (κ2) is 4.99. The quantitative estimate of drug-likeness (QED) is 0.540. The smallest absolute Gasteiger partial charge is 0.230 e. The summed E-state index contributed by atoms with van der Waals surface area (Å²) in [7, 11) is 0. The van der Waals surface area contributed by atoms with Gasteiger partial charge in [0.1, 0.15) is 0 Å². The van der Waals surface area contributed by atoms with E-state index in [0.29, 0.717) is 0 Å². The predicted molar refractivity (Wildman–Crippen MR) is 67.0 cm³/mol. The lowest BCUT2D eigenvalue weighted by atomic mass is 9.89. The topological polar surface area (TPSA) is 67.2 Å². The molecule has 1 rings (SSSR count). The van der Waals surface area contributed by atoms with Crippen molar-refractivity contribution in [2.75, 3.05) is 10.7 Å². The first kappa shape index (κ1) is 12.5. The van der Waals surface area contributed by atoms with Crippen LogP contribution in [0.4, 0.5) is 11.4 Å². The zero-order chi connectivity index (χ0) is 12.2. The Balaban J connectivity index is 2.70. The third kappa shape index (κ3) is 2.97. The maximum absolute atomic E-state index is 11.9. The van der Waals surface area contributed by atoms with Crippen LogP contribution in [0.15, 0.2) is 24.3 Å². The normalized spacial score (nSPS) is 11.0. The van der Waals surface area contributed by atoms with Gasteiger partial charge in [-0.3, -0.25) is 10.6 Å². The summed E-state index contributed by atoms with van der Waals surface area (Å²) in [6.45, 7) is 5.86. The maximum Gasteiger partial charge on any atom is 0.230 e. The van der Waals surface area contributed by atoms with Gasteiger partial charge < -0.3 is 10.7 Å². The molecule has 0 aliphatic rings. The molecule has 1 aromatic rings. The highest BCUT2D eigenvalue weighted by molar-refractivity contribution is 5.94. The molecule has 0 unspecified atom stereocenters. The van der Waals surface area contributed by atoms with Crippen molar-refractivity contribution in [2.24, 2.45) is 11.3 Å². The zero-order valence-corrected chi connectivity index (χ0v) is 10.0. The van der Waals surface area contributed by atoms with Crippen molar-refractivity contribution in [1.29, 1.82) is 0 Å². The Hall–Kier alpha value is -1.55. The van der Waals surface area contributed by atoms with E-state index in [1.54, 1.807) is 0 Å². The number of carbonyl (C=O) groups excluding carboxylic acids is 1. The van der Waals surface area contributed by atoms with Crippen LogP contribution in [0.2, 0.25) is 0 Å². The molecule has 0 radical (unpaired) electrons. The highest BCUT2D eigenvalue weighted by Crippen LogP contribution is 2.22. The summed E-state index contributed by atoms with van der Waals surface area (Å²) >= 11 is 0. The number of anilines is 2. The molecule has 0 aromatic heterocycles. The Bertz CT molecular complexity index is 357. The molecule has 88 valence electrons. The third-order valence-corrected chi connectivity index (χ3v) is 2.81. The van der Waals surface area contributed by atoms with Crippen LogP contribution in [0.3, 0.4) is 0 Å². The van der Waals surface area contributed by atoms with Crippen LogP contribution in [0.1, 0.15) is 27.2 Å². The van der Waals surface area contributed by atoms with Crippen molar-refractivity contribution in [1.82, 2.24) is 0 Å². The maximum atomic E-state index is 11.9. The van der Waals surface area contributed by atoms with E-state index in [-0.39, 0.29) is 11.3 Å². The van der Waals surface area contributed by atoms with Gasteiger partial charge in [0.05, 0.1) is 0 Å². The fourth-order valence-corrected chi connectivity index (χ4v) is 1.11. The monoisotopic (exact) mass is 221 g/mol. The van der Waals surface area contributed by atoms with E-state index in [4.69, 9.17) is 5.84 Å². The van der Waals surface area contributed by atoms with E-state index in [9.17, 15) is 4.79 Å². The van der Waals surface area contributed by atoms with Crippen LogP contribution in [0.25, 0.3) is 0 Å². The minimum atomic E-state index is -0.342. The summed E-state index contributed by atoms with van der Waals surface area (Å²) in [5.74, 6) is 5.29. The second-order valence-corrected chi connectivity index (χ2v) is 4.41. The lowest BCUT2D eigenvalue weighted by Crippen LogP contribution is -2.29. The molecule has 0 bridgehead atoms. The van der Waals surface area contributed by atoms with Gasteiger partial charge in [0.2, 0.25) is 5.91 Å². The number of carbonyl (C=O) groups is 1. The zero-order valence-electron chi connectivity index (χ0n) is 10.0. The van der Waals surface area contributed by atoms with Crippen molar-refractivity contribution in [3.05, 3.63) is 24.3 Å². The van der Waals surface area contributed by atoms with E-state index in [0.717, 1.165) is 17.8 Å². The van der Waals surface area contributed by atoms with E-state index < -0.39 is 0 Å². The largest absolute Gasteiger partial charge is 0.326 e. The third-order valence-electron chi connectivity index (χ3n) is 2.81. The fraction of sp³-hybridized carbons (Fsp3) is 0.417. The summed E-state index contributed by atoms with van der Waals surface area (Å²) in [6, 6.07) is 7.26. The highest BCUT2D eigenvalue weighted by Gasteiger charge is 2.24. The van der Waals surface area contributed by atoms with Gasteiger partial charge in [-0.2, -0.15) is 0 Å². The van der Waals surface area contributed by atoms with Gasteiger partial charge in [-0.1, -0.05) is 20.8 Å². The molecule has 0 heterocycles. The molecule has 0 atom stereocenters. The average molecular weight is 221 g/mol. The van der Waals surface area contributed by atoms with Crippen LogP contribution >= 0.6 is 0 Å².